The molecule has 1 aromatic carbocycles. The number of carbonyl (C=O) groups is 2. The number of nitrogens with zero attached hydrogens (tertiary/aromatic N) is 2. The van der Waals surface area contributed by atoms with Crippen molar-refractivity contribution in [1.29, 1.82) is 0 Å². The summed E-state index contributed by atoms with van der Waals surface area (Å²) in [7, 11) is 0. The van der Waals surface area contributed by atoms with Crippen LogP contribution in [0.15, 0.2) is 18.2 Å². The molecule has 1 aliphatic rings. The molecule has 0 atom stereocenters. The van der Waals surface area contributed by atoms with E-state index >= 15 is 0 Å². The van der Waals surface area contributed by atoms with Gasteiger partial charge >= 0.3 is 5.97 Å². The highest BCUT2D eigenvalue weighted by atomic mass is 16.5. The van der Waals surface area contributed by atoms with Crippen molar-refractivity contribution >= 4 is 22.9 Å². The van der Waals surface area contributed by atoms with E-state index in [1.54, 1.807) is 29.7 Å². The number of hydrogen-bond acceptors (Lipinski definition) is 4. The van der Waals surface area contributed by atoms with Gasteiger partial charge in [0.1, 0.15) is 0 Å². The number of imidazole rings is 1. The Labute approximate surface area is 109 Å². The van der Waals surface area contributed by atoms with Crippen molar-refractivity contribution in [2.75, 3.05) is 13.2 Å². The molecule has 0 spiro atoms. The van der Waals surface area contributed by atoms with Gasteiger partial charge in [-0.2, -0.15) is 0 Å². The number of esters is 1. The van der Waals surface area contributed by atoms with Crippen LogP contribution in [0.5, 0.6) is 0 Å². The Morgan fingerprint density at radius 2 is 2.37 bits per heavy atom. The van der Waals surface area contributed by atoms with Crippen molar-refractivity contribution in [3.05, 3.63) is 29.6 Å². The number of benzene rings is 1. The number of aromatic nitrogens is 2. The van der Waals surface area contributed by atoms with Crippen LogP contribution < -0.4 is 5.32 Å². The van der Waals surface area contributed by atoms with Crippen LogP contribution in [0.3, 0.4) is 0 Å². The Bertz CT molecular complexity index is 675. The average Bonchev–Trinajstić information content (AvgIpc) is 2.69. The Morgan fingerprint density at radius 3 is 3.16 bits per heavy atom. The molecule has 6 nitrogen and oxygen atoms in total. The van der Waals surface area contributed by atoms with Crippen molar-refractivity contribution in [2.45, 2.75) is 13.5 Å². The normalized spacial score (nSPS) is 14.1. The number of nitrogens with one attached hydrogen (secondary N) is 1. The van der Waals surface area contributed by atoms with Gasteiger partial charge in [0, 0.05) is 13.1 Å². The highest BCUT2D eigenvalue weighted by Gasteiger charge is 2.24. The summed E-state index contributed by atoms with van der Waals surface area (Å²) in [5.41, 5.74) is 1.87. The molecule has 0 bridgehead atoms. The first-order valence-corrected chi connectivity index (χ1v) is 6.17. The van der Waals surface area contributed by atoms with E-state index in [1.807, 2.05) is 0 Å². The third kappa shape index (κ3) is 1.76. The van der Waals surface area contributed by atoms with Crippen LogP contribution in [0.1, 0.15) is 27.9 Å². The highest BCUT2D eigenvalue weighted by molar-refractivity contribution is 6.06. The van der Waals surface area contributed by atoms with Gasteiger partial charge in [0.2, 0.25) is 5.82 Å². The minimum atomic E-state index is -0.459. The quantitative estimate of drug-likeness (QED) is 0.815. The minimum Gasteiger partial charge on any atom is -0.460 e. The molecule has 2 aromatic rings. The SMILES string of the molecule is CCOC(=O)c1nc2cccc3c2n1CCNC3=O. The summed E-state index contributed by atoms with van der Waals surface area (Å²) < 4.78 is 6.75. The molecule has 3 rings (SSSR count). The van der Waals surface area contributed by atoms with E-state index in [0.29, 0.717) is 36.3 Å². The van der Waals surface area contributed by atoms with Gasteiger partial charge in [-0.25, -0.2) is 9.78 Å². The maximum absolute atomic E-state index is 11.9. The zero-order valence-corrected chi connectivity index (χ0v) is 10.5. The van der Waals surface area contributed by atoms with E-state index in [-0.39, 0.29) is 11.7 Å². The van der Waals surface area contributed by atoms with Gasteiger partial charge in [-0.15, -0.1) is 0 Å². The largest absolute Gasteiger partial charge is 0.460 e. The summed E-state index contributed by atoms with van der Waals surface area (Å²) in [5.74, 6) is -0.348. The number of rotatable bonds is 2. The number of carbonyl (C=O) groups excluding carboxylic acids is 2. The van der Waals surface area contributed by atoms with Crippen LogP contribution in [0.25, 0.3) is 11.0 Å². The third-order valence-electron chi connectivity index (χ3n) is 3.09. The van der Waals surface area contributed by atoms with E-state index in [9.17, 15) is 9.59 Å². The van der Waals surface area contributed by atoms with Crippen LogP contribution in [0.2, 0.25) is 0 Å². The second kappa shape index (κ2) is 4.38. The van der Waals surface area contributed by atoms with E-state index in [4.69, 9.17) is 4.74 Å². The highest BCUT2D eigenvalue weighted by Crippen LogP contribution is 2.22. The number of para-hydroxylation sites is 1. The Balaban J connectivity index is 2.26. The summed E-state index contributed by atoms with van der Waals surface area (Å²) in [6, 6.07) is 5.28. The molecular weight excluding hydrogens is 246 g/mol. The standard InChI is InChI=1S/C13H13N3O3/c1-2-19-13(18)11-15-9-5-3-4-8-10(9)16(11)7-6-14-12(8)17/h3-5H,2,6-7H2,1H3,(H,14,17). The summed E-state index contributed by atoms with van der Waals surface area (Å²) in [4.78, 5) is 28.1. The first kappa shape index (κ1) is 11.7. The van der Waals surface area contributed by atoms with E-state index in [0.717, 1.165) is 0 Å². The lowest BCUT2D eigenvalue weighted by Gasteiger charge is -2.05. The zero-order valence-electron chi connectivity index (χ0n) is 10.5. The fourth-order valence-corrected chi connectivity index (χ4v) is 2.31. The van der Waals surface area contributed by atoms with Crippen LogP contribution in [-0.2, 0) is 11.3 Å². The fraction of sp³-hybridized carbons (Fsp3) is 0.308. The molecule has 6 heteroatoms. The average molecular weight is 259 g/mol. The molecule has 0 fully saturated rings. The molecule has 19 heavy (non-hydrogen) atoms. The van der Waals surface area contributed by atoms with E-state index in [1.165, 1.54) is 0 Å². The van der Waals surface area contributed by atoms with Crippen LogP contribution in [0.4, 0.5) is 0 Å². The van der Waals surface area contributed by atoms with Gasteiger partial charge in [-0.05, 0) is 19.1 Å². The summed E-state index contributed by atoms with van der Waals surface area (Å²) in [6.07, 6.45) is 0. The smallest absolute Gasteiger partial charge is 0.374 e. The molecule has 2 heterocycles. The first-order valence-electron chi connectivity index (χ1n) is 6.17. The van der Waals surface area contributed by atoms with Gasteiger partial charge in [0.05, 0.1) is 23.2 Å². The zero-order chi connectivity index (χ0) is 13.4. The Hall–Kier alpha value is -2.37. The molecule has 0 aliphatic carbocycles. The lowest BCUT2D eigenvalue weighted by Crippen LogP contribution is -2.24. The van der Waals surface area contributed by atoms with Crippen molar-refractivity contribution in [3.8, 4) is 0 Å². The van der Waals surface area contributed by atoms with Crippen LogP contribution >= 0.6 is 0 Å². The van der Waals surface area contributed by atoms with Crippen LogP contribution in [-0.4, -0.2) is 34.6 Å². The number of ether oxygens (including phenoxy) is 1. The maximum atomic E-state index is 11.9. The molecule has 1 N–H and O–H groups in total. The molecule has 1 aromatic heterocycles. The summed E-state index contributed by atoms with van der Waals surface area (Å²) in [5, 5.41) is 2.80. The predicted octanol–water partition coefficient (Wildman–Crippen LogP) is 0.956. The molecule has 0 unspecified atom stereocenters. The molecule has 0 radical (unpaired) electrons. The van der Waals surface area contributed by atoms with E-state index < -0.39 is 5.97 Å². The monoisotopic (exact) mass is 259 g/mol. The van der Waals surface area contributed by atoms with Crippen molar-refractivity contribution in [2.24, 2.45) is 0 Å². The van der Waals surface area contributed by atoms with Gasteiger partial charge in [-0.1, -0.05) is 6.07 Å². The lowest BCUT2D eigenvalue weighted by atomic mass is 10.2. The summed E-state index contributed by atoms with van der Waals surface area (Å²) in [6.45, 7) is 3.02. The Morgan fingerprint density at radius 1 is 1.53 bits per heavy atom. The van der Waals surface area contributed by atoms with E-state index in [2.05, 4.69) is 10.3 Å². The van der Waals surface area contributed by atoms with Gasteiger partial charge in [0.25, 0.3) is 5.91 Å². The lowest BCUT2D eigenvalue weighted by molar-refractivity contribution is 0.0507. The van der Waals surface area contributed by atoms with Crippen molar-refractivity contribution in [1.82, 2.24) is 14.9 Å². The van der Waals surface area contributed by atoms with Crippen LogP contribution in [0, 0.1) is 0 Å². The van der Waals surface area contributed by atoms with Crippen molar-refractivity contribution < 1.29 is 14.3 Å². The topological polar surface area (TPSA) is 73.2 Å². The first-order chi connectivity index (χ1) is 9.22. The molecule has 98 valence electrons. The van der Waals surface area contributed by atoms with Gasteiger partial charge < -0.3 is 14.6 Å². The van der Waals surface area contributed by atoms with Crippen molar-refractivity contribution in [3.63, 3.8) is 0 Å². The Kier molecular flexibility index (Phi) is 2.70. The summed E-state index contributed by atoms with van der Waals surface area (Å²) >= 11 is 0. The fourth-order valence-electron chi connectivity index (χ4n) is 2.31. The predicted molar refractivity (Wildman–Crippen MR) is 68.0 cm³/mol. The molecular formula is C13H13N3O3. The molecule has 1 aliphatic heterocycles. The molecule has 0 saturated heterocycles. The second-order valence-corrected chi connectivity index (χ2v) is 4.24. The minimum absolute atomic E-state index is 0.139. The third-order valence-corrected chi connectivity index (χ3v) is 3.09. The van der Waals surface area contributed by atoms with Gasteiger partial charge in [-0.3, -0.25) is 4.79 Å². The second-order valence-electron chi connectivity index (χ2n) is 4.24. The van der Waals surface area contributed by atoms with Gasteiger partial charge in [0.15, 0.2) is 0 Å². The number of hydrogen-bond donors (Lipinski definition) is 1. The maximum Gasteiger partial charge on any atom is 0.374 e. The molecule has 1 amide bonds. The number of amides is 1. The molecule has 0 saturated carbocycles.